The van der Waals surface area contributed by atoms with Crippen molar-refractivity contribution < 1.29 is 18.0 Å². The molecule has 0 saturated carbocycles. The molecule has 2 N–H and O–H groups in total. The van der Waals surface area contributed by atoms with E-state index in [0.717, 1.165) is 4.31 Å². The summed E-state index contributed by atoms with van der Waals surface area (Å²) in [5, 5.41) is 0. The van der Waals surface area contributed by atoms with E-state index in [1.54, 1.807) is 6.92 Å². The summed E-state index contributed by atoms with van der Waals surface area (Å²) < 4.78 is 25.1. The molecule has 1 rings (SSSR count). The van der Waals surface area contributed by atoms with E-state index in [2.05, 4.69) is 10.9 Å². The Labute approximate surface area is 130 Å². The first kappa shape index (κ1) is 18.1. The quantitative estimate of drug-likeness (QED) is 0.780. The van der Waals surface area contributed by atoms with Gasteiger partial charge in [0.05, 0.1) is 4.90 Å². The Hall–Kier alpha value is -1.93. The second-order valence-electron chi connectivity index (χ2n) is 5.07. The fourth-order valence-electron chi connectivity index (χ4n) is 1.51. The molecule has 2 amide bonds. The Morgan fingerprint density at radius 1 is 1.23 bits per heavy atom. The van der Waals surface area contributed by atoms with E-state index in [0.29, 0.717) is 6.42 Å². The van der Waals surface area contributed by atoms with Crippen molar-refractivity contribution in [3.05, 3.63) is 29.8 Å². The maximum atomic E-state index is 12.0. The van der Waals surface area contributed by atoms with Gasteiger partial charge in [-0.05, 0) is 24.6 Å². The van der Waals surface area contributed by atoms with E-state index in [4.69, 9.17) is 0 Å². The highest BCUT2D eigenvalue weighted by Crippen LogP contribution is 2.14. The lowest BCUT2D eigenvalue weighted by Crippen LogP contribution is -2.44. The maximum Gasteiger partial charge on any atom is 0.269 e. The summed E-state index contributed by atoms with van der Waals surface area (Å²) in [6.45, 7) is 3.60. The highest BCUT2D eigenvalue weighted by Gasteiger charge is 2.19. The number of nitrogens with one attached hydrogen (secondary N) is 2. The van der Waals surface area contributed by atoms with Crippen LogP contribution in [0.1, 0.15) is 30.6 Å². The molecule has 1 aromatic rings. The molecule has 0 aliphatic rings. The molecule has 22 heavy (non-hydrogen) atoms. The lowest BCUT2D eigenvalue weighted by molar-refractivity contribution is -0.125. The number of amides is 2. The second kappa shape index (κ2) is 7.37. The van der Waals surface area contributed by atoms with Gasteiger partial charge in [-0.25, -0.2) is 12.7 Å². The first-order chi connectivity index (χ1) is 10.2. The van der Waals surface area contributed by atoms with Crippen molar-refractivity contribution in [2.45, 2.75) is 25.2 Å². The summed E-state index contributed by atoms with van der Waals surface area (Å²) in [5.74, 6) is -1.10. The Morgan fingerprint density at radius 3 is 2.41 bits per heavy atom. The van der Waals surface area contributed by atoms with Gasteiger partial charge in [0.25, 0.3) is 5.91 Å². The largest absolute Gasteiger partial charge is 0.273 e. The van der Waals surface area contributed by atoms with Crippen LogP contribution in [0.3, 0.4) is 0 Å². The number of carbonyl (C=O) groups is 2. The molecule has 0 spiro atoms. The summed E-state index contributed by atoms with van der Waals surface area (Å²) in [7, 11) is -0.793. The van der Waals surface area contributed by atoms with E-state index in [9.17, 15) is 18.0 Å². The van der Waals surface area contributed by atoms with Crippen molar-refractivity contribution in [3.8, 4) is 0 Å². The predicted molar refractivity (Wildman–Crippen MR) is 82.4 cm³/mol. The third kappa shape index (κ3) is 4.28. The molecule has 0 fully saturated rings. The van der Waals surface area contributed by atoms with Gasteiger partial charge in [-0.3, -0.25) is 20.4 Å². The van der Waals surface area contributed by atoms with E-state index in [1.807, 2.05) is 6.92 Å². The molecule has 7 nitrogen and oxygen atoms in total. The van der Waals surface area contributed by atoms with Gasteiger partial charge in [-0.2, -0.15) is 0 Å². The summed E-state index contributed by atoms with van der Waals surface area (Å²) >= 11 is 0. The van der Waals surface area contributed by atoms with Crippen molar-refractivity contribution in [2.24, 2.45) is 5.92 Å². The third-order valence-corrected chi connectivity index (χ3v) is 5.05. The number of hydrogen-bond donors (Lipinski definition) is 2. The highest BCUT2D eigenvalue weighted by atomic mass is 32.2. The molecule has 1 unspecified atom stereocenters. The number of hydrogen-bond acceptors (Lipinski definition) is 4. The zero-order valence-corrected chi connectivity index (χ0v) is 13.9. The lowest BCUT2D eigenvalue weighted by Gasteiger charge is -2.13. The van der Waals surface area contributed by atoms with Crippen LogP contribution in [0.5, 0.6) is 0 Å². The highest BCUT2D eigenvalue weighted by molar-refractivity contribution is 7.89. The van der Waals surface area contributed by atoms with Crippen LogP contribution in [-0.4, -0.2) is 38.6 Å². The number of carbonyl (C=O) groups excluding carboxylic acids is 2. The number of hydrazine groups is 1. The Balaban J connectivity index is 2.86. The SMILES string of the molecule is CCC(C)C(=O)NNC(=O)c1cccc(S(=O)(=O)N(C)C)c1. The number of nitrogens with zero attached hydrogens (tertiary/aromatic N) is 1. The van der Waals surface area contributed by atoms with E-state index in [1.165, 1.54) is 38.4 Å². The fraction of sp³-hybridized carbons (Fsp3) is 0.429. The topological polar surface area (TPSA) is 95.6 Å². The molecule has 0 aliphatic carbocycles. The molecule has 1 atom stereocenters. The minimum absolute atomic E-state index is 0.0124. The Morgan fingerprint density at radius 2 is 1.86 bits per heavy atom. The van der Waals surface area contributed by atoms with Crippen LogP contribution in [0.15, 0.2) is 29.2 Å². The van der Waals surface area contributed by atoms with Crippen LogP contribution >= 0.6 is 0 Å². The van der Waals surface area contributed by atoms with Crippen LogP contribution in [0, 0.1) is 5.92 Å². The average molecular weight is 327 g/mol. The molecule has 0 bridgehead atoms. The first-order valence-electron chi connectivity index (χ1n) is 6.83. The summed E-state index contributed by atoms with van der Waals surface area (Å²) in [6, 6.07) is 5.62. The minimum atomic E-state index is -3.62. The monoisotopic (exact) mass is 327 g/mol. The third-order valence-electron chi connectivity index (χ3n) is 3.23. The van der Waals surface area contributed by atoms with Crippen molar-refractivity contribution in [1.29, 1.82) is 0 Å². The van der Waals surface area contributed by atoms with Crippen molar-refractivity contribution in [2.75, 3.05) is 14.1 Å². The van der Waals surface area contributed by atoms with Gasteiger partial charge < -0.3 is 0 Å². The fourth-order valence-corrected chi connectivity index (χ4v) is 2.46. The molecule has 0 heterocycles. The molecular formula is C14H21N3O4S. The molecular weight excluding hydrogens is 306 g/mol. The zero-order chi connectivity index (χ0) is 16.9. The molecule has 0 radical (unpaired) electrons. The van der Waals surface area contributed by atoms with Crippen molar-refractivity contribution >= 4 is 21.8 Å². The van der Waals surface area contributed by atoms with Gasteiger partial charge in [0, 0.05) is 25.6 Å². The Bertz CT molecular complexity index is 656. The maximum absolute atomic E-state index is 12.0. The molecule has 0 aliphatic heterocycles. The van der Waals surface area contributed by atoms with E-state index in [-0.39, 0.29) is 22.3 Å². The minimum Gasteiger partial charge on any atom is -0.273 e. The molecule has 0 saturated heterocycles. The lowest BCUT2D eigenvalue weighted by atomic mass is 10.1. The van der Waals surface area contributed by atoms with Crippen LogP contribution < -0.4 is 10.9 Å². The number of benzene rings is 1. The molecule has 0 aromatic heterocycles. The van der Waals surface area contributed by atoms with Gasteiger partial charge in [0.15, 0.2) is 0 Å². The van der Waals surface area contributed by atoms with Gasteiger partial charge >= 0.3 is 0 Å². The summed E-state index contributed by atoms with van der Waals surface area (Å²) in [4.78, 5) is 23.6. The average Bonchev–Trinajstić information content (AvgIpc) is 2.51. The first-order valence-corrected chi connectivity index (χ1v) is 8.27. The standard InChI is InChI=1S/C14H21N3O4S/c1-5-10(2)13(18)15-16-14(19)11-7-6-8-12(9-11)22(20,21)17(3)4/h6-10H,5H2,1-4H3,(H,15,18)(H,16,19). The molecule has 8 heteroatoms. The van der Waals surface area contributed by atoms with Crippen LogP contribution in [0.25, 0.3) is 0 Å². The Kier molecular flexibility index (Phi) is 6.07. The summed E-state index contributed by atoms with van der Waals surface area (Å²) in [6.07, 6.45) is 0.651. The number of sulfonamides is 1. The van der Waals surface area contributed by atoms with Crippen molar-refractivity contribution in [3.63, 3.8) is 0 Å². The van der Waals surface area contributed by atoms with Gasteiger partial charge in [0.2, 0.25) is 15.9 Å². The van der Waals surface area contributed by atoms with E-state index >= 15 is 0 Å². The molecule has 1 aromatic carbocycles. The molecule has 122 valence electrons. The predicted octanol–water partition coefficient (Wildman–Crippen LogP) is 0.744. The van der Waals surface area contributed by atoms with Crippen LogP contribution in [0.2, 0.25) is 0 Å². The van der Waals surface area contributed by atoms with Gasteiger partial charge in [-0.1, -0.05) is 19.9 Å². The zero-order valence-electron chi connectivity index (χ0n) is 13.1. The van der Waals surface area contributed by atoms with Crippen LogP contribution in [0.4, 0.5) is 0 Å². The normalized spacial score (nSPS) is 12.8. The summed E-state index contributed by atoms with van der Waals surface area (Å²) in [5.41, 5.74) is 4.73. The van der Waals surface area contributed by atoms with E-state index < -0.39 is 15.9 Å². The van der Waals surface area contributed by atoms with Gasteiger partial charge in [0.1, 0.15) is 0 Å². The van der Waals surface area contributed by atoms with Crippen LogP contribution in [-0.2, 0) is 14.8 Å². The van der Waals surface area contributed by atoms with Gasteiger partial charge in [-0.15, -0.1) is 0 Å². The number of rotatable bonds is 5. The van der Waals surface area contributed by atoms with Crippen molar-refractivity contribution in [1.82, 2.24) is 15.2 Å². The smallest absolute Gasteiger partial charge is 0.269 e. The second-order valence-corrected chi connectivity index (χ2v) is 7.22.